The van der Waals surface area contributed by atoms with Crippen molar-refractivity contribution < 1.29 is 4.79 Å². The minimum atomic E-state index is 0.301. The second-order valence-corrected chi connectivity index (χ2v) is 4.57. The fourth-order valence-corrected chi connectivity index (χ4v) is 2.97. The van der Waals surface area contributed by atoms with Crippen molar-refractivity contribution in [1.29, 1.82) is 0 Å². The third-order valence-electron chi connectivity index (χ3n) is 3.80. The van der Waals surface area contributed by atoms with Gasteiger partial charge in [-0.3, -0.25) is 0 Å². The lowest BCUT2D eigenvalue weighted by atomic mass is 9.66. The molecule has 0 saturated heterocycles. The van der Waals surface area contributed by atoms with E-state index in [1.165, 1.54) is 32.0 Å². The van der Waals surface area contributed by atoms with Gasteiger partial charge in [-0.05, 0) is 30.6 Å². The first-order valence-electron chi connectivity index (χ1n) is 5.46. The van der Waals surface area contributed by atoms with Gasteiger partial charge in [-0.1, -0.05) is 31.9 Å². The third-order valence-corrected chi connectivity index (χ3v) is 3.80. The van der Waals surface area contributed by atoms with E-state index in [0.29, 0.717) is 23.7 Å². The molecule has 0 spiro atoms. The summed E-state index contributed by atoms with van der Waals surface area (Å²) in [4.78, 5) is 11.0. The molecule has 2 aliphatic rings. The quantitative estimate of drug-likeness (QED) is 0.446. The highest BCUT2D eigenvalue weighted by molar-refractivity contribution is 5.56. The zero-order chi connectivity index (χ0) is 9.26. The topological polar surface area (TPSA) is 17.1 Å². The van der Waals surface area contributed by atoms with Crippen LogP contribution in [0.3, 0.4) is 0 Å². The largest absolute Gasteiger partial charge is 0.303 e. The van der Waals surface area contributed by atoms with E-state index >= 15 is 0 Å². The number of allylic oxidation sites excluding steroid dienone is 2. The molecule has 0 bridgehead atoms. The highest BCUT2D eigenvalue weighted by Gasteiger charge is 2.35. The molecule has 2 rings (SSSR count). The molecule has 1 saturated carbocycles. The highest BCUT2D eigenvalue weighted by atomic mass is 16.1. The van der Waals surface area contributed by atoms with E-state index in [1.807, 2.05) is 0 Å². The Morgan fingerprint density at radius 3 is 2.77 bits per heavy atom. The van der Waals surface area contributed by atoms with Gasteiger partial charge in [0.15, 0.2) is 0 Å². The molecule has 4 atom stereocenters. The van der Waals surface area contributed by atoms with Gasteiger partial charge < -0.3 is 4.79 Å². The summed E-state index contributed by atoms with van der Waals surface area (Å²) in [5.41, 5.74) is 0. The summed E-state index contributed by atoms with van der Waals surface area (Å²) in [6.45, 7) is 2.17. The first-order valence-corrected chi connectivity index (χ1v) is 5.46. The highest BCUT2D eigenvalue weighted by Crippen LogP contribution is 2.41. The Labute approximate surface area is 80.2 Å². The van der Waals surface area contributed by atoms with Crippen LogP contribution in [0, 0.1) is 23.7 Å². The van der Waals surface area contributed by atoms with Crippen LogP contribution in [0.15, 0.2) is 12.2 Å². The van der Waals surface area contributed by atoms with Gasteiger partial charge in [0.05, 0.1) is 0 Å². The smallest absolute Gasteiger partial charge is 0.123 e. The summed E-state index contributed by atoms with van der Waals surface area (Å²) in [5, 5.41) is 0. The summed E-state index contributed by atoms with van der Waals surface area (Å²) in [6.07, 6.45) is 11.0. The zero-order valence-corrected chi connectivity index (χ0v) is 8.28. The van der Waals surface area contributed by atoms with Crippen LogP contribution in [0.1, 0.15) is 32.6 Å². The van der Waals surface area contributed by atoms with Crippen molar-refractivity contribution in [2.24, 2.45) is 23.7 Å². The molecule has 0 heterocycles. The normalized spacial score (nSPS) is 44.1. The Bertz CT molecular complexity index is 219. The average molecular weight is 178 g/mol. The summed E-state index contributed by atoms with van der Waals surface area (Å²) in [6, 6.07) is 0. The Kier molecular flexibility index (Phi) is 2.52. The number of hydrogen-bond acceptors (Lipinski definition) is 1. The second-order valence-electron chi connectivity index (χ2n) is 4.57. The van der Waals surface area contributed by atoms with Crippen molar-refractivity contribution in [1.82, 2.24) is 0 Å². The fraction of sp³-hybridized carbons (Fsp3) is 0.750. The molecule has 72 valence electrons. The SMILES string of the molecule is C[C@H]1C=C[C@H]2CCCC[C@@H]2[C@H]1C=O. The third kappa shape index (κ3) is 1.56. The van der Waals surface area contributed by atoms with Gasteiger partial charge in [-0.15, -0.1) is 0 Å². The maximum Gasteiger partial charge on any atom is 0.123 e. The number of rotatable bonds is 1. The molecule has 0 radical (unpaired) electrons. The lowest BCUT2D eigenvalue weighted by Crippen LogP contribution is -2.33. The number of aldehydes is 1. The molecule has 2 aliphatic carbocycles. The van der Waals surface area contributed by atoms with Gasteiger partial charge in [0.25, 0.3) is 0 Å². The van der Waals surface area contributed by atoms with Crippen molar-refractivity contribution in [2.75, 3.05) is 0 Å². The molecular weight excluding hydrogens is 160 g/mol. The number of hydrogen-bond donors (Lipinski definition) is 0. The molecule has 1 nitrogen and oxygen atoms in total. The van der Waals surface area contributed by atoms with Crippen molar-refractivity contribution in [3.05, 3.63) is 12.2 Å². The van der Waals surface area contributed by atoms with Crippen LogP contribution in [-0.2, 0) is 4.79 Å². The van der Waals surface area contributed by atoms with Crippen molar-refractivity contribution in [2.45, 2.75) is 32.6 Å². The van der Waals surface area contributed by atoms with Gasteiger partial charge in [-0.25, -0.2) is 0 Å². The molecule has 0 aromatic heterocycles. The second kappa shape index (κ2) is 3.65. The molecule has 1 fully saturated rings. The van der Waals surface area contributed by atoms with E-state index in [0.717, 1.165) is 0 Å². The predicted octanol–water partition coefficient (Wildman–Crippen LogP) is 2.81. The summed E-state index contributed by atoms with van der Waals surface area (Å²) < 4.78 is 0. The fourth-order valence-electron chi connectivity index (χ4n) is 2.97. The van der Waals surface area contributed by atoms with Crippen LogP contribution < -0.4 is 0 Å². The van der Waals surface area contributed by atoms with Gasteiger partial charge in [0.1, 0.15) is 6.29 Å². The summed E-state index contributed by atoms with van der Waals surface area (Å²) in [5.74, 6) is 2.14. The summed E-state index contributed by atoms with van der Waals surface area (Å²) >= 11 is 0. The zero-order valence-electron chi connectivity index (χ0n) is 8.28. The van der Waals surface area contributed by atoms with Crippen LogP contribution >= 0.6 is 0 Å². The van der Waals surface area contributed by atoms with Crippen molar-refractivity contribution in [3.8, 4) is 0 Å². The van der Waals surface area contributed by atoms with E-state index in [4.69, 9.17) is 0 Å². The first-order chi connectivity index (χ1) is 6.33. The number of fused-ring (bicyclic) bond motifs is 1. The molecule has 1 heteroatoms. The molecule has 0 amide bonds. The molecule has 0 aliphatic heterocycles. The Hall–Kier alpha value is -0.590. The maximum atomic E-state index is 11.0. The number of carbonyl (C=O) groups is 1. The monoisotopic (exact) mass is 178 g/mol. The van der Waals surface area contributed by atoms with Crippen molar-refractivity contribution in [3.63, 3.8) is 0 Å². The van der Waals surface area contributed by atoms with Crippen LogP contribution in [0.2, 0.25) is 0 Å². The lowest BCUT2D eigenvalue weighted by Gasteiger charge is -2.38. The lowest BCUT2D eigenvalue weighted by molar-refractivity contribution is -0.114. The number of carbonyl (C=O) groups excluding carboxylic acids is 1. The van der Waals surface area contributed by atoms with E-state index in [-0.39, 0.29) is 0 Å². The average Bonchev–Trinajstić information content (AvgIpc) is 2.18. The van der Waals surface area contributed by atoms with Crippen LogP contribution in [0.4, 0.5) is 0 Å². The Morgan fingerprint density at radius 2 is 2.00 bits per heavy atom. The molecular formula is C12H18O. The molecule has 0 aromatic rings. The predicted molar refractivity (Wildman–Crippen MR) is 53.3 cm³/mol. The Balaban J connectivity index is 2.18. The molecule has 0 unspecified atom stereocenters. The van der Waals surface area contributed by atoms with Crippen LogP contribution in [0.25, 0.3) is 0 Å². The first kappa shape index (κ1) is 8.98. The van der Waals surface area contributed by atoms with Crippen LogP contribution in [0.5, 0.6) is 0 Å². The molecule has 13 heavy (non-hydrogen) atoms. The van der Waals surface area contributed by atoms with Gasteiger partial charge in [-0.2, -0.15) is 0 Å². The van der Waals surface area contributed by atoms with Gasteiger partial charge in [0.2, 0.25) is 0 Å². The molecule has 0 aromatic carbocycles. The minimum absolute atomic E-state index is 0.301. The van der Waals surface area contributed by atoms with E-state index in [9.17, 15) is 4.79 Å². The van der Waals surface area contributed by atoms with E-state index < -0.39 is 0 Å². The van der Waals surface area contributed by atoms with Gasteiger partial charge in [0, 0.05) is 5.92 Å². The standard InChI is InChI=1S/C12H18O/c1-9-6-7-10-4-2-3-5-11(10)12(9)8-13/h6-12H,2-5H2,1H3/t9-,10+,11-,12-/m0/s1. The van der Waals surface area contributed by atoms with E-state index in [1.54, 1.807) is 0 Å². The Morgan fingerprint density at radius 1 is 1.23 bits per heavy atom. The maximum absolute atomic E-state index is 11.0. The molecule has 0 N–H and O–H groups in total. The van der Waals surface area contributed by atoms with Gasteiger partial charge >= 0.3 is 0 Å². The van der Waals surface area contributed by atoms with Crippen LogP contribution in [-0.4, -0.2) is 6.29 Å². The summed E-state index contributed by atoms with van der Waals surface area (Å²) in [7, 11) is 0. The minimum Gasteiger partial charge on any atom is -0.303 e. The van der Waals surface area contributed by atoms with E-state index in [2.05, 4.69) is 19.1 Å². The van der Waals surface area contributed by atoms with Crippen molar-refractivity contribution >= 4 is 6.29 Å².